The maximum atomic E-state index is 14.8. The molecule has 8 rings (SSSR count). The minimum atomic E-state index is -5.08. The van der Waals surface area contributed by atoms with Gasteiger partial charge in [-0.15, -0.1) is 0 Å². The van der Waals surface area contributed by atoms with E-state index in [9.17, 15) is 41.1 Å². The minimum Gasteiger partial charge on any atom is -0.476 e. The summed E-state index contributed by atoms with van der Waals surface area (Å²) in [6.07, 6.45) is 6.31. The number of ether oxygens (including phenoxy) is 1. The molecule has 2 atom stereocenters. The molecule has 374 valence electrons. The van der Waals surface area contributed by atoms with Crippen LogP contribution in [0.2, 0.25) is 0 Å². The van der Waals surface area contributed by atoms with E-state index in [1.807, 2.05) is 6.07 Å². The van der Waals surface area contributed by atoms with Crippen LogP contribution in [0.1, 0.15) is 101 Å². The molecule has 2 amide bonds. The van der Waals surface area contributed by atoms with E-state index in [2.05, 4.69) is 36.0 Å². The molecule has 0 aliphatic carbocycles. The first kappa shape index (κ1) is 52.3. The smallest absolute Gasteiger partial charge is 0.476 e. The van der Waals surface area contributed by atoms with Gasteiger partial charge in [0.15, 0.2) is 34.7 Å². The topological polar surface area (TPSA) is 291 Å². The number of rotatable bonds is 9. The van der Waals surface area contributed by atoms with Crippen LogP contribution in [0.4, 0.5) is 33.6 Å². The predicted molar refractivity (Wildman–Crippen MR) is 229 cm³/mol. The Kier molecular flexibility index (Phi) is 17.3. The number of carbonyl (C=O) groups is 5. The molecule has 22 nitrogen and oxygen atoms in total. The average molecular weight is 995 g/mol. The second kappa shape index (κ2) is 23.5. The average Bonchev–Trinajstić information content (AvgIpc) is 4.08. The standard InChI is InChI=1S/C22H23FN6O4.C20H19FN6O4.C2HF3O2/c1-2-32-22(31)19-18(23)20(27-13-26-19)28-6-3-15(4-7-28)21(30)29-17(5-8-33-29)16-9-14(10-24)11-25-12-16;21-16-17(20(29)30)24-11-25-18(16)26-4-1-13(2-5-26)19(28)27-15(3-6-31-27)14-7-12(8-22)9-23-10-14;3-2(4,5)1(6)7/h9,11-13,15,17H,2-8H2,1H3;7,9-11,13,15H,1-6H2,(H,29,30);(H,6,7)/t17-;15-;/m00./s1. The fraction of sp³-hybridized carbons (Fsp3) is 0.432. The third-order valence-corrected chi connectivity index (χ3v) is 11.5. The molecule has 4 aliphatic heterocycles. The lowest BCUT2D eigenvalue weighted by molar-refractivity contribution is -0.192. The molecule has 2 N–H and O–H groups in total. The predicted octanol–water partition coefficient (Wildman–Crippen LogP) is 4.52. The number of alkyl halides is 3. The van der Waals surface area contributed by atoms with Crippen LogP contribution in [0.15, 0.2) is 49.6 Å². The maximum Gasteiger partial charge on any atom is 0.490 e. The lowest BCUT2D eigenvalue weighted by Gasteiger charge is -2.34. The number of carboxylic acids is 2. The van der Waals surface area contributed by atoms with Crippen LogP contribution in [0.5, 0.6) is 0 Å². The lowest BCUT2D eigenvalue weighted by atomic mass is 9.94. The van der Waals surface area contributed by atoms with Crippen molar-refractivity contribution < 1.29 is 70.5 Å². The van der Waals surface area contributed by atoms with Gasteiger partial charge in [0.2, 0.25) is 11.8 Å². The van der Waals surface area contributed by atoms with Gasteiger partial charge in [0, 0.05) is 75.6 Å². The number of amides is 2. The fourth-order valence-corrected chi connectivity index (χ4v) is 8.07. The van der Waals surface area contributed by atoms with Crippen LogP contribution < -0.4 is 9.80 Å². The van der Waals surface area contributed by atoms with Gasteiger partial charge in [-0.05, 0) is 55.9 Å². The third-order valence-electron chi connectivity index (χ3n) is 11.5. The van der Waals surface area contributed by atoms with Crippen molar-refractivity contribution in [3.8, 4) is 12.1 Å². The Morgan fingerprint density at radius 2 is 1.10 bits per heavy atom. The van der Waals surface area contributed by atoms with Crippen molar-refractivity contribution in [2.24, 2.45) is 11.8 Å². The normalized spacial score (nSPS) is 18.3. The van der Waals surface area contributed by atoms with Crippen molar-refractivity contribution in [2.75, 3.05) is 55.8 Å². The molecule has 27 heteroatoms. The number of aliphatic carboxylic acids is 1. The molecule has 0 bridgehead atoms. The van der Waals surface area contributed by atoms with E-state index in [1.54, 1.807) is 41.2 Å². The Balaban J connectivity index is 0.000000205. The Bertz CT molecular complexity index is 2690. The molecule has 4 fully saturated rings. The van der Waals surface area contributed by atoms with Crippen molar-refractivity contribution in [3.63, 3.8) is 0 Å². The number of aromatic carboxylic acids is 1. The SMILES string of the molecule is CCOC(=O)c1ncnc(N2CCC(C(=O)N3OCC[C@H]3c3cncc(C#N)c3)CC2)c1F.N#Cc1cncc([C@@H]2CCON2C(=O)C2CCN(c3ncnc(C(=O)O)c3F)CC2)c1.O=C(O)C(F)(F)F. The van der Waals surface area contributed by atoms with Crippen molar-refractivity contribution >= 4 is 41.4 Å². The summed E-state index contributed by atoms with van der Waals surface area (Å²) >= 11 is 0. The number of hydroxylamine groups is 4. The summed E-state index contributed by atoms with van der Waals surface area (Å²) in [5.74, 6) is -7.85. The van der Waals surface area contributed by atoms with Gasteiger partial charge in [0.05, 0.1) is 43.0 Å². The van der Waals surface area contributed by atoms with Crippen LogP contribution in [0.25, 0.3) is 0 Å². The first-order valence-corrected chi connectivity index (χ1v) is 21.8. The highest BCUT2D eigenvalue weighted by Crippen LogP contribution is 2.36. The molecule has 71 heavy (non-hydrogen) atoms. The number of halogens is 5. The molecule has 0 unspecified atom stereocenters. The highest BCUT2D eigenvalue weighted by Gasteiger charge is 2.40. The van der Waals surface area contributed by atoms with Gasteiger partial charge in [-0.25, -0.2) is 53.2 Å². The number of hydrogen-bond acceptors (Lipinski definition) is 18. The van der Waals surface area contributed by atoms with Gasteiger partial charge in [0.1, 0.15) is 24.8 Å². The first-order chi connectivity index (χ1) is 34.0. The van der Waals surface area contributed by atoms with E-state index >= 15 is 0 Å². The van der Waals surface area contributed by atoms with Crippen LogP contribution in [-0.2, 0) is 28.8 Å². The molecule has 0 saturated carbocycles. The number of nitriles is 2. The van der Waals surface area contributed by atoms with Gasteiger partial charge in [0.25, 0.3) is 0 Å². The number of hydrogen-bond donors (Lipinski definition) is 2. The number of carboxylic acid groups (broad SMARTS) is 2. The molecule has 0 spiro atoms. The van der Waals surface area contributed by atoms with E-state index in [0.29, 0.717) is 89.0 Å². The number of nitrogens with zero attached hydrogens (tertiary/aromatic N) is 12. The van der Waals surface area contributed by atoms with Crippen LogP contribution in [-0.4, -0.2) is 132 Å². The third kappa shape index (κ3) is 12.6. The Morgan fingerprint density at radius 3 is 1.48 bits per heavy atom. The molecular formula is C44H43F5N12O10. The van der Waals surface area contributed by atoms with Gasteiger partial charge in [-0.2, -0.15) is 23.7 Å². The first-order valence-electron chi connectivity index (χ1n) is 21.8. The van der Waals surface area contributed by atoms with E-state index in [0.717, 1.165) is 23.8 Å². The zero-order valence-corrected chi connectivity index (χ0v) is 37.5. The summed E-state index contributed by atoms with van der Waals surface area (Å²) < 4.78 is 65.9. The quantitative estimate of drug-likeness (QED) is 0.172. The molecule has 0 radical (unpaired) electrons. The van der Waals surface area contributed by atoms with Crippen LogP contribution >= 0.6 is 0 Å². The number of carbonyl (C=O) groups excluding carboxylic acids is 3. The highest BCUT2D eigenvalue weighted by molar-refractivity contribution is 5.88. The molecular weight excluding hydrogens is 952 g/mol. The molecule has 4 aromatic heterocycles. The number of anilines is 2. The Labute approximate surface area is 400 Å². The lowest BCUT2D eigenvalue weighted by Crippen LogP contribution is -2.42. The van der Waals surface area contributed by atoms with Crippen molar-refractivity contribution in [1.29, 1.82) is 10.5 Å². The van der Waals surface area contributed by atoms with Gasteiger partial charge in [-0.3, -0.25) is 29.2 Å². The molecule has 0 aromatic carbocycles. The number of pyridine rings is 2. The second-order valence-electron chi connectivity index (χ2n) is 15.9. The van der Waals surface area contributed by atoms with Crippen molar-refractivity contribution in [2.45, 2.75) is 63.7 Å². The molecule has 8 heterocycles. The maximum absolute atomic E-state index is 14.8. The second-order valence-corrected chi connectivity index (χ2v) is 15.9. The highest BCUT2D eigenvalue weighted by atomic mass is 19.4. The summed E-state index contributed by atoms with van der Waals surface area (Å²) in [5, 5.41) is 37.1. The number of esters is 1. The summed E-state index contributed by atoms with van der Waals surface area (Å²) in [6, 6.07) is 6.90. The van der Waals surface area contributed by atoms with Gasteiger partial charge >= 0.3 is 24.1 Å². The van der Waals surface area contributed by atoms with Crippen molar-refractivity contribution in [1.82, 2.24) is 40.0 Å². The monoisotopic (exact) mass is 994 g/mol. The molecule has 4 aromatic rings. The van der Waals surface area contributed by atoms with Crippen LogP contribution in [0.3, 0.4) is 0 Å². The zero-order valence-electron chi connectivity index (χ0n) is 37.5. The Morgan fingerprint density at radius 1 is 0.690 bits per heavy atom. The molecule has 4 aliphatic rings. The van der Waals surface area contributed by atoms with Crippen molar-refractivity contribution in [3.05, 3.63) is 94.9 Å². The summed E-state index contributed by atoms with van der Waals surface area (Å²) in [7, 11) is 0. The number of aromatic nitrogens is 6. The van der Waals surface area contributed by atoms with Gasteiger partial charge < -0.3 is 24.7 Å². The number of piperidine rings is 2. The summed E-state index contributed by atoms with van der Waals surface area (Å²) in [6.45, 7) is 3.98. The summed E-state index contributed by atoms with van der Waals surface area (Å²) in [5.41, 5.74) is 1.26. The van der Waals surface area contributed by atoms with Crippen LogP contribution in [0, 0.1) is 46.1 Å². The van der Waals surface area contributed by atoms with E-state index in [4.69, 9.17) is 39.9 Å². The zero-order chi connectivity index (χ0) is 51.4. The van der Waals surface area contributed by atoms with E-state index < -0.39 is 47.1 Å². The minimum absolute atomic E-state index is 0.0219. The molecule has 4 saturated heterocycles. The van der Waals surface area contributed by atoms with E-state index in [1.165, 1.54) is 22.5 Å². The van der Waals surface area contributed by atoms with Gasteiger partial charge in [-0.1, -0.05) is 0 Å². The largest absolute Gasteiger partial charge is 0.490 e. The fourth-order valence-electron chi connectivity index (χ4n) is 8.07. The van der Waals surface area contributed by atoms with E-state index in [-0.39, 0.29) is 54.0 Å². The summed E-state index contributed by atoms with van der Waals surface area (Å²) in [4.78, 5) is 96.0. The Hall–Kier alpha value is -8.04.